The Balaban J connectivity index is 1.92. The largest absolute Gasteiger partial charge is 0.417 e. The molecule has 0 unspecified atom stereocenters. The highest BCUT2D eigenvalue weighted by Gasteiger charge is 2.35. The molecule has 30 heavy (non-hydrogen) atoms. The fraction of sp³-hybridized carbons (Fsp3) is 0.300. The highest BCUT2D eigenvalue weighted by atomic mass is 19.4. The van der Waals surface area contributed by atoms with Crippen LogP contribution < -0.4 is 21.3 Å². The number of alkyl halides is 3. The molecule has 2 aromatic carbocycles. The predicted molar refractivity (Wildman–Crippen MR) is 104 cm³/mol. The molecule has 0 bridgehead atoms. The minimum absolute atomic E-state index is 0.0304. The first-order valence-electron chi connectivity index (χ1n) is 9.24. The Bertz CT molecular complexity index is 943. The summed E-state index contributed by atoms with van der Waals surface area (Å²) in [4.78, 5) is 25.9. The van der Waals surface area contributed by atoms with Crippen LogP contribution >= 0.6 is 0 Å². The zero-order valence-electron chi connectivity index (χ0n) is 15.8. The fourth-order valence-electron chi connectivity index (χ4n) is 3.44. The van der Waals surface area contributed by atoms with E-state index >= 15 is 0 Å². The van der Waals surface area contributed by atoms with Crippen molar-refractivity contribution in [2.75, 3.05) is 23.3 Å². The van der Waals surface area contributed by atoms with E-state index in [-0.39, 0.29) is 11.7 Å². The van der Waals surface area contributed by atoms with Crippen LogP contribution in [0.1, 0.15) is 28.8 Å². The molecule has 3 rings (SSSR count). The summed E-state index contributed by atoms with van der Waals surface area (Å²) in [6, 6.07) is 7.23. The predicted octanol–water partition coefficient (Wildman–Crippen LogP) is 3.73. The fourth-order valence-corrected chi connectivity index (χ4v) is 3.44. The number of amides is 3. The zero-order valence-corrected chi connectivity index (χ0v) is 15.8. The summed E-state index contributed by atoms with van der Waals surface area (Å²) >= 11 is 0. The molecule has 1 saturated heterocycles. The lowest BCUT2D eigenvalue weighted by atomic mass is 10.0. The Hall–Kier alpha value is -3.14. The standard InChI is InChI=1S/C20H20F4N4O2/c21-12-2-1-3-15(10-12)28(14-6-8-26-9-7-14)19(30)27-13-4-5-17(20(22,23)24)16(11-13)18(25)29/h1-5,10-11,14,26H,6-9H2,(H2,25,29)(H,27,30). The smallest absolute Gasteiger partial charge is 0.366 e. The van der Waals surface area contributed by atoms with Gasteiger partial charge in [0, 0.05) is 17.4 Å². The van der Waals surface area contributed by atoms with Crippen LogP contribution in [0.3, 0.4) is 0 Å². The SMILES string of the molecule is NC(=O)c1cc(NC(=O)N(c2cccc(F)c2)C2CCNCC2)ccc1C(F)(F)F. The second-order valence-corrected chi connectivity index (χ2v) is 6.88. The van der Waals surface area contributed by atoms with Crippen molar-refractivity contribution < 1.29 is 27.2 Å². The maximum absolute atomic E-state index is 13.8. The number of nitrogens with one attached hydrogen (secondary N) is 2. The molecule has 0 aromatic heterocycles. The van der Waals surface area contributed by atoms with E-state index in [1.165, 1.54) is 23.1 Å². The van der Waals surface area contributed by atoms with Gasteiger partial charge in [-0.15, -0.1) is 0 Å². The van der Waals surface area contributed by atoms with E-state index in [0.29, 0.717) is 37.7 Å². The molecule has 0 spiro atoms. The molecule has 1 aliphatic rings. The van der Waals surface area contributed by atoms with Crippen LogP contribution in [0.15, 0.2) is 42.5 Å². The van der Waals surface area contributed by atoms with E-state index in [1.54, 1.807) is 6.07 Å². The van der Waals surface area contributed by atoms with Crippen LogP contribution in [0.2, 0.25) is 0 Å². The van der Waals surface area contributed by atoms with Gasteiger partial charge in [0.15, 0.2) is 0 Å². The molecule has 3 amide bonds. The lowest BCUT2D eigenvalue weighted by Gasteiger charge is -2.34. The van der Waals surface area contributed by atoms with Gasteiger partial charge >= 0.3 is 12.2 Å². The van der Waals surface area contributed by atoms with Gasteiger partial charge in [-0.2, -0.15) is 13.2 Å². The first kappa shape index (κ1) is 21.6. The van der Waals surface area contributed by atoms with Crippen molar-refractivity contribution in [1.82, 2.24) is 5.32 Å². The maximum Gasteiger partial charge on any atom is 0.417 e. The summed E-state index contributed by atoms with van der Waals surface area (Å²) in [5, 5.41) is 5.67. The zero-order chi connectivity index (χ0) is 21.9. The molecule has 4 N–H and O–H groups in total. The highest BCUT2D eigenvalue weighted by Crippen LogP contribution is 2.33. The maximum atomic E-state index is 13.8. The number of primary amides is 1. The molecule has 2 aromatic rings. The summed E-state index contributed by atoms with van der Waals surface area (Å²) in [6.07, 6.45) is -3.54. The van der Waals surface area contributed by atoms with Gasteiger partial charge in [-0.3, -0.25) is 9.69 Å². The van der Waals surface area contributed by atoms with E-state index in [9.17, 15) is 27.2 Å². The number of halogens is 4. The van der Waals surface area contributed by atoms with Gasteiger partial charge in [0.05, 0.1) is 11.1 Å². The quantitative estimate of drug-likeness (QED) is 0.654. The molecule has 6 nitrogen and oxygen atoms in total. The third kappa shape index (κ3) is 4.88. The summed E-state index contributed by atoms with van der Waals surface area (Å²) < 4.78 is 53.0. The third-order valence-corrected chi connectivity index (χ3v) is 4.82. The van der Waals surface area contributed by atoms with Gasteiger partial charge in [0.25, 0.3) is 0 Å². The number of nitrogens with two attached hydrogens (primary N) is 1. The highest BCUT2D eigenvalue weighted by molar-refractivity contribution is 6.03. The Kier molecular flexibility index (Phi) is 6.25. The molecule has 1 aliphatic heterocycles. The number of piperidine rings is 1. The number of rotatable bonds is 4. The number of nitrogens with zero attached hydrogens (tertiary/aromatic N) is 1. The van der Waals surface area contributed by atoms with Crippen LogP contribution in [0, 0.1) is 5.82 Å². The van der Waals surface area contributed by atoms with Gasteiger partial charge in [-0.1, -0.05) is 6.07 Å². The van der Waals surface area contributed by atoms with E-state index in [1.807, 2.05) is 0 Å². The molecule has 1 fully saturated rings. The average molecular weight is 424 g/mol. The monoisotopic (exact) mass is 424 g/mol. The second kappa shape index (κ2) is 8.70. The molecule has 1 heterocycles. The number of hydrogen-bond acceptors (Lipinski definition) is 3. The number of carbonyl (C=O) groups is 2. The molecule has 160 valence electrons. The summed E-state index contributed by atoms with van der Waals surface area (Å²) in [5.41, 5.74) is 3.44. The van der Waals surface area contributed by atoms with Gasteiger partial charge in [-0.25, -0.2) is 9.18 Å². The topological polar surface area (TPSA) is 87.5 Å². The molecule has 0 aliphatic carbocycles. The average Bonchev–Trinajstić information content (AvgIpc) is 2.68. The van der Waals surface area contributed by atoms with Crippen molar-refractivity contribution in [3.05, 3.63) is 59.4 Å². The summed E-state index contributed by atoms with van der Waals surface area (Å²) in [6.45, 7) is 1.33. The molecular formula is C20H20F4N4O2. The van der Waals surface area contributed by atoms with Crippen molar-refractivity contribution in [3.8, 4) is 0 Å². The first-order valence-corrected chi connectivity index (χ1v) is 9.24. The van der Waals surface area contributed by atoms with Crippen molar-refractivity contribution in [2.45, 2.75) is 25.1 Å². The molecule has 0 saturated carbocycles. The van der Waals surface area contributed by atoms with Crippen LogP contribution in [0.25, 0.3) is 0 Å². The van der Waals surface area contributed by atoms with Gasteiger partial charge in [-0.05, 0) is 62.3 Å². The summed E-state index contributed by atoms with van der Waals surface area (Å²) in [7, 11) is 0. The van der Waals surface area contributed by atoms with Crippen LogP contribution in [0.5, 0.6) is 0 Å². The van der Waals surface area contributed by atoms with E-state index in [0.717, 1.165) is 12.1 Å². The number of urea groups is 1. The van der Waals surface area contributed by atoms with Crippen LogP contribution in [-0.4, -0.2) is 31.1 Å². The molecule has 0 atom stereocenters. The van der Waals surface area contributed by atoms with E-state index in [4.69, 9.17) is 5.73 Å². The minimum Gasteiger partial charge on any atom is -0.366 e. The van der Waals surface area contributed by atoms with Crippen molar-refractivity contribution in [2.24, 2.45) is 5.73 Å². The Morgan fingerprint density at radius 3 is 2.40 bits per heavy atom. The number of carbonyl (C=O) groups excluding carboxylic acids is 2. The minimum atomic E-state index is -4.77. The third-order valence-electron chi connectivity index (χ3n) is 4.82. The second-order valence-electron chi connectivity index (χ2n) is 6.88. The van der Waals surface area contributed by atoms with Gasteiger partial charge < -0.3 is 16.4 Å². The Labute approximate surface area is 170 Å². The van der Waals surface area contributed by atoms with Crippen molar-refractivity contribution in [1.29, 1.82) is 0 Å². The lowest BCUT2D eigenvalue weighted by Crippen LogP contribution is -2.48. The molecular weight excluding hydrogens is 404 g/mol. The number of anilines is 2. The Morgan fingerprint density at radius 2 is 1.80 bits per heavy atom. The van der Waals surface area contributed by atoms with Crippen molar-refractivity contribution >= 4 is 23.3 Å². The number of hydrogen-bond donors (Lipinski definition) is 3. The van der Waals surface area contributed by atoms with Crippen molar-refractivity contribution in [3.63, 3.8) is 0 Å². The molecule has 10 heteroatoms. The van der Waals surface area contributed by atoms with Gasteiger partial charge in [0.1, 0.15) is 5.82 Å². The first-order chi connectivity index (χ1) is 14.2. The number of benzene rings is 2. The van der Waals surface area contributed by atoms with Crippen LogP contribution in [-0.2, 0) is 6.18 Å². The normalized spacial score (nSPS) is 14.9. The van der Waals surface area contributed by atoms with Gasteiger partial charge in [0.2, 0.25) is 5.91 Å². The van der Waals surface area contributed by atoms with E-state index in [2.05, 4.69) is 10.6 Å². The van der Waals surface area contributed by atoms with Crippen LogP contribution in [0.4, 0.5) is 33.7 Å². The molecule has 0 radical (unpaired) electrons. The lowest BCUT2D eigenvalue weighted by molar-refractivity contribution is -0.137. The summed E-state index contributed by atoms with van der Waals surface area (Å²) in [5.74, 6) is -1.79. The van der Waals surface area contributed by atoms with E-state index < -0.39 is 35.1 Å². The Morgan fingerprint density at radius 1 is 1.10 bits per heavy atom.